The van der Waals surface area contributed by atoms with Crippen molar-refractivity contribution in [2.45, 2.75) is 13.2 Å². The Kier molecular flexibility index (Phi) is 8.87. The average Bonchev–Trinajstić information content (AvgIpc) is 2.16. The number of rotatable bonds is 9. The third-order valence-corrected chi connectivity index (χ3v) is 1.61. The minimum absolute atomic E-state index is 0.184. The molecule has 0 rings (SSSR count). The van der Waals surface area contributed by atoms with Gasteiger partial charge in [-0.15, -0.1) is 0 Å². The summed E-state index contributed by atoms with van der Waals surface area (Å²) in [7, 11) is 3.24. The summed E-state index contributed by atoms with van der Waals surface area (Å²) in [4.78, 5) is 0. The second-order valence-electron chi connectivity index (χ2n) is 3.11. The summed E-state index contributed by atoms with van der Waals surface area (Å²) in [5.74, 6) is 0. The molecule has 0 aliphatic rings. The molecule has 0 fully saturated rings. The third kappa shape index (κ3) is 8.19. The highest BCUT2D eigenvalue weighted by Gasteiger charge is 2.02. The summed E-state index contributed by atoms with van der Waals surface area (Å²) >= 11 is 0. The molecule has 0 saturated heterocycles. The standard InChI is InChI=1S/C10H21NO3/c1-9(2)8-14-6-5-11-7-10(12-3)13-4/h10-11H,1,5-8H2,2-4H3. The normalized spacial score (nSPS) is 10.9. The fourth-order valence-electron chi connectivity index (χ4n) is 0.874. The molecule has 4 nitrogen and oxygen atoms in total. The van der Waals surface area contributed by atoms with E-state index in [1.165, 1.54) is 0 Å². The van der Waals surface area contributed by atoms with Crippen molar-refractivity contribution in [1.29, 1.82) is 0 Å². The quantitative estimate of drug-likeness (QED) is 0.341. The zero-order chi connectivity index (χ0) is 10.8. The molecule has 0 heterocycles. The molecule has 84 valence electrons. The van der Waals surface area contributed by atoms with E-state index >= 15 is 0 Å². The van der Waals surface area contributed by atoms with Gasteiger partial charge in [0, 0.05) is 27.3 Å². The summed E-state index contributed by atoms with van der Waals surface area (Å²) < 4.78 is 15.3. The van der Waals surface area contributed by atoms with Crippen LogP contribution in [0.3, 0.4) is 0 Å². The fraction of sp³-hybridized carbons (Fsp3) is 0.800. The third-order valence-electron chi connectivity index (χ3n) is 1.61. The summed E-state index contributed by atoms with van der Waals surface area (Å²) in [5.41, 5.74) is 1.04. The summed E-state index contributed by atoms with van der Waals surface area (Å²) in [6, 6.07) is 0. The molecule has 0 aliphatic carbocycles. The number of hydrogen-bond donors (Lipinski definition) is 1. The Morgan fingerprint density at radius 3 is 2.50 bits per heavy atom. The molecule has 0 saturated carbocycles. The van der Waals surface area contributed by atoms with Crippen molar-refractivity contribution in [3.05, 3.63) is 12.2 Å². The predicted octanol–water partition coefficient (Wildman–Crippen LogP) is 0.788. The maximum absolute atomic E-state index is 5.30. The van der Waals surface area contributed by atoms with E-state index < -0.39 is 0 Å². The van der Waals surface area contributed by atoms with Crippen LogP contribution < -0.4 is 5.32 Å². The van der Waals surface area contributed by atoms with E-state index in [2.05, 4.69) is 11.9 Å². The number of ether oxygens (including phenoxy) is 3. The topological polar surface area (TPSA) is 39.7 Å². The van der Waals surface area contributed by atoms with Crippen molar-refractivity contribution >= 4 is 0 Å². The Morgan fingerprint density at radius 2 is 2.00 bits per heavy atom. The average molecular weight is 203 g/mol. The lowest BCUT2D eigenvalue weighted by Crippen LogP contribution is -2.31. The largest absolute Gasteiger partial charge is 0.376 e. The van der Waals surface area contributed by atoms with Gasteiger partial charge < -0.3 is 19.5 Å². The molecule has 0 aromatic rings. The molecular weight excluding hydrogens is 182 g/mol. The smallest absolute Gasteiger partial charge is 0.169 e. The van der Waals surface area contributed by atoms with Crippen molar-refractivity contribution in [2.75, 3.05) is 40.5 Å². The van der Waals surface area contributed by atoms with Gasteiger partial charge in [0.25, 0.3) is 0 Å². The zero-order valence-corrected chi connectivity index (χ0v) is 9.34. The highest BCUT2D eigenvalue weighted by atomic mass is 16.7. The molecule has 1 N–H and O–H groups in total. The summed E-state index contributed by atoms with van der Waals surface area (Å²) in [5, 5.41) is 3.16. The Balaban J connectivity index is 3.16. The van der Waals surface area contributed by atoms with Crippen LogP contribution in [-0.4, -0.2) is 46.8 Å². The minimum Gasteiger partial charge on any atom is -0.376 e. The maximum Gasteiger partial charge on any atom is 0.169 e. The van der Waals surface area contributed by atoms with Crippen molar-refractivity contribution in [3.8, 4) is 0 Å². The summed E-state index contributed by atoms with van der Waals surface area (Å²) in [6.45, 7) is 8.44. The Hall–Kier alpha value is -0.420. The molecule has 0 radical (unpaired) electrons. The maximum atomic E-state index is 5.30. The van der Waals surface area contributed by atoms with Crippen LogP contribution in [0, 0.1) is 0 Å². The van der Waals surface area contributed by atoms with Crippen molar-refractivity contribution in [3.63, 3.8) is 0 Å². The van der Waals surface area contributed by atoms with Gasteiger partial charge in [-0.25, -0.2) is 0 Å². The van der Waals surface area contributed by atoms with Crippen LogP contribution in [0.2, 0.25) is 0 Å². The first-order valence-electron chi connectivity index (χ1n) is 4.69. The molecule has 0 atom stereocenters. The van der Waals surface area contributed by atoms with Crippen molar-refractivity contribution < 1.29 is 14.2 Å². The fourth-order valence-corrected chi connectivity index (χ4v) is 0.874. The van der Waals surface area contributed by atoms with Gasteiger partial charge in [0.2, 0.25) is 0 Å². The Labute approximate surface area is 86.2 Å². The second-order valence-corrected chi connectivity index (χ2v) is 3.11. The van der Waals surface area contributed by atoms with Gasteiger partial charge in [0.05, 0.1) is 13.2 Å². The molecule has 14 heavy (non-hydrogen) atoms. The lowest BCUT2D eigenvalue weighted by Gasteiger charge is -2.13. The van der Waals surface area contributed by atoms with E-state index in [-0.39, 0.29) is 6.29 Å². The van der Waals surface area contributed by atoms with E-state index in [1.54, 1.807) is 14.2 Å². The van der Waals surface area contributed by atoms with Crippen LogP contribution >= 0.6 is 0 Å². The lowest BCUT2D eigenvalue weighted by molar-refractivity contribution is -0.0990. The molecule has 0 aliphatic heterocycles. The Bertz CT molecular complexity index is 146. The molecule has 0 bridgehead atoms. The van der Waals surface area contributed by atoms with E-state index in [0.717, 1.165) is 12.1 Å². The Morgan fingerprint density at radius 1 is 1.36 bits per heavy atom. The van der Waals surface area contributed by atoms with Gasteiger partial charge in [0.15, 0.2) is 6.29 Å². The highest BCUT2D eigenvalue weighted by molar-refractivity contribution is 4.87. The van der Waals surface area contributed by atoms with Gasteiger partial charge in [-0.05, 0) is 6.92 Å². The zero-order valence-electron chi connectivity index (χ0n) is 9.34. The van der Waals surface area contributed by atoms with Crippen molar-refractivity contribution in [1.82, 2.24) is 5.32 Å². The SMILES string of the molecule is C=C(C)COCCNCC(OC)OC. The van der Waals surface area contributed by atoms with Crippen LogP contribution in [0.1, 0.15) is 6.92 Å². The van der Waals surface area contributed by atoms with E-state index in [9.17, 15) is 0 Å². The van der Waals surface area contributed by atoms with E-state index in [4.69, 9.17) is 14.2 Å². The van der Waals surface area contributed by atoms with Gasteiger partial charge in [-0.3, -0.25) is 0 Å². The van der Waals surface area contributed by atoms with Gasteiger partial charge >= 0.3 is 0 Å². The van der Waals surface area contributed by atoms with Gasteiger partial charge in [-0.2, -0.15) is 0 Å². The first kappa shape index (κ1) is 13.6. The van der Waals surface area contributed by atoms with Crippen LogP contribution in [0.4, 0.5) is 0 Å². The van der Waals surface area contributed by atoms with Gasteiger partial charge in [-0.1, -0.05) is 12.2 Å². The van der Waals surface area contributed by atoms with Gasteiger partial charge in [0.1, 0.15) is 0 Å². The lowest BCUT2D eigenvalue weighted by atomic mass is 10.4. The molecule has 0 spiro atoms. The molecule has 0 unspecified atom stereocenters. The van der Waals surface area contributed by atoms with Crippen molar-refractivity contribution in [2.24, 2.45) is 0 Å². The number of methoxy groups -OCH3 is 2. The van der Waals surface area contributed by atoms with E-state index in [0.29, 0.717) is 19.8 Å². The molecule has 0 aromatic carbocycles. The monoisotopic (exact) mass is 203 g/mol. The number of hydrogen-bond acceptors (Lipinski definition) is 4. The van der Waals surface area contributed by atoms with Crippen LogP contribution in [-0.2, 0) is 14.2 Å². The first-order valence-corrected chi connectivity index (χ1v) is 4.69. The number of nitrogens with one attached hydrogen (secondary N) is 1. The molecule has 4 heteroatoms. The van der Waals surface area contributed by atoms with Crippen LogP contribution in [0.5, 0.6) is 0 Å². The molecule has 0 amide bonds. The second kappa shape index (κ2) is 9.15. The summed E-state index contributed by atoms with van der Waals surface area (Å²) in [6.07, 6.45) is -0.184. The minimum atomic E-state index is -0.184. The molecular formula is C10H21NO3. The first-order chi connectivity index (χ1) is 6.70. The predicted molar refractivity (Wildman–Crippen MR) is 56.3 cm³/mol. The highest BCUT2D eigenvalue weighted by Crippen LogP contribution is 1.88. The molecule has 0 aromatic heterocycles. The van der Waals surface area contributed by atoms with E-state index in [1.807, 2.05) is 6.92 Å². The van der Waals surface area contributed by atoms with Crippen LogP contribution in [0.15, 0.2) is 12.2 Å². The van der Waals surface area contributed by atoms with Crippen LogP contribution in [0.25, 0.3) is 0 Å².